The van der Waals surface area contributed by atoms with E-state index in [0.717, 1.165) is 50.5 Å². The molecule has 0 aliphatic rings. The summed E-state index contributed by atoms with van der Waals surface area (Å²) in [6.45, 7) is 0. The molecule has 61 heavy (non-hydrogen) atoms. The fourth-order valence-electron chi connectivity index (χ4n) is 9.32. The second kappa shape index (κ2) is 14.3. The lowest BCUT2D eigenvalue weighted by atomic mass is 9.87. The van der Waals surface area contributed by atoms with Crippen LogP contribution in [0.1, 0.15) is 0 Å². The van der Waals surface area contributed by atoms with Crippen molar-refractivity contribution >= 4 is 54.1 Å². The number of hydrogen-bond acceptors (Lipinski definition) is 2. The van der Waals surface area contributed by atoms with Crippen molar-refractivity contribution in [3.05, 3.63) is 224 Å². The lowest BCUT2D eigenvalue weighted by Crippen LogP contribution is -1.97. The first kappa shape index (κ1) is 34.9. The molecule has 284 valence electrons. The molecule has 0 saturated carbocycles. The zero-order valence-corrected chi connectivity index (χ0v) is 33.2. The normalized spacial score (nSPS) is 11.6. The van der Waals surface area contributed by atoms with Gasteiger partial charge in [-0.3, -0.25) is 0 Å². The zero-order valence-electron chi connectivity index (χ0n) is 33.2. The Hall–Kier alpha value is -8.14. The summed E-state index contributed by atoms with van der Waals surface area (Å²) in [6.07, 6.45) is 0. The van der Waals surface area contributed by atoms with Crippen LogP contribution in [0, 0.1) is 0 Å². The van der Waals surface area contributed by atoms with E-state index in [9.17, 15) is 0 Å². The molecule has 2 aromatic heterocycles. The van der Waals surface area contributed by atoms with Crippen LogP contribution < -0.4 is 0 Å². The molecule has 0 atom stereocenters. The fraction of sp³-hybridized carbons (Fsp3) is 0. The standard InChI is InChI=1S/C58H37N3/c1-3-16-41(17-4-1)58-59-53(40-29-27-38(28-30-40)42-32-33-49-48-24-13-14-26-55(48)61(56(49)36-42)44-19-5-2-6-20-44)37-54(60-58)47-23-11-12-25-50(47)57-46-22-10-8-18-43(46)35-52-45-21-9-7-15-39(45)31-34-51(52)57/h1-37H. The third kappa shape index (κ3) is 5.90. The number of rotatable bonds is 6. The van der Waals surface area contributed by atoms with Gasteiger partial charge in [0.1, 0.15) is 0 Å². The van der Waals surface area contributed by atoms with Crippen LogP contribution in [-0.4, -0.2) is 14.5 Å². The quantitative estimate of drug-likeness (QED) is 0.124. The van der Waals surface area contributed by atoms with Gasteiger partial charge >= 0.3 is 0 Å². The average Bonchev–Trinajstić information content (AvgIpc) is 3.67. The van der Waals surface area contributed by atoms with Gasteiger partial charge in [-0.15, -0.1) is 0 Å². The van der Waals surface area contributed by atoms with E-state index in [1.54, 1.807) is 0 Å². The van der Waals surface area contributed by atoms with Gasteiger partial charge in [-0.2, -0.15) is 0 Å². The van der Waals surface area contributed by atoms with Crippen molar-refractivity contribution in [2.45, 2.75) is 0 Å². The van der Waals surface area contributed by atoms with Gasteiger partial charge in [-0.25, -0.2) is 9.97 Å². The van der Waals surface area contributed by atoms with E-state index in [1.165, 1.54) is 59.7 Å². The number of benzene rings is 10. The van der Waals surface area contributed by atoms with Crippen LogP contribution >= 0.6 is 0 Å². The first-order valence-electron chi connectivity index (χ1n) is 20.8. The zero-order chi connectivity index (χ0) is 40.3. The van der Waals surface area contributed by atoms with Crippen molar-refractivity contribution in [3.63, 3.8) is 0 Å². The monoisotopic (exact) mass is 775 g/mol. The molecule has 0 spiro atoms. The van der Waals surface area contributed by atoms with Gasteiger partial charge in [0, 0.05) is 33.2 Å². The molecule has 12 rings (SSSR count). The first-order chi connectivity index (χ1) is 30.2. The van der Waals surface area contributed by atoms with Crippen LogP contribution in [-0.2, 0) is 0 Å². The highest BCUT2D eigenvalue weighted by atomic mass is 15.0. The van der Waals surface area contributed by atoms with Gasteiger partial charge in [0.2, 0.25) is 0 Å². The largest absolute Gasteiger partial charge is 0.309 e. The Labute approximate surface area is 353 Å². The minimum atomic E-state index is 0.694. The van der Waals surface area contributed by atoms with Crippen LogP contribution in [0.5, 0.6) is 0 Å². The van der Waals surface area contributed by atoms with Gasteiger partial charge in [0.05, 0.1) is 22.4 Å². The Morgan fingerprint density at radius 2 is 0.885 bits per heavy atom. The molecule has 0 fully saturated rings. The number of para-hydroxylation sites is 2. The van der Waals surface area contributed by atoms with Crippen LogP contribution in [0.2, 0.25) is 0 Å². The lowest BCUT2D eigenvalue weighted by molar-refractivity contribution is 1.18. The number of fused-ring (bicyclic) bond motifs is 7. The molecule has 0 N–H and O–H groups in total. The summed E-state index contributed by atoms with van der Waals surface area (Å²) in [4.78, 5) is 10.6. The van der Waals surface area contributed by atoms with Crippen molar-refractivity contribution < 1.29 is 0 Å². The second-order valence-corrected chi connectivity index (χ2v) is 15.7. The smallest absolute Gasteiger partial charge is 0.160 e. The van der Waals surface area contributed by atoms with E-state index in [0.29, 0.717) is 5.82 Å². The van der Waals surface area contributed by atoms with E-state index < -0.39 is 0 Å². The van der Waals surface area contributed by atoms with E-state index in [4.69, 9.17) is 9.97 Å². The highest BCUT2D eigenvalue weighted by molar-refractivity contribution is 6.21. The summed E-state index contributed by atoms with van der Waals surface area (Å²) >= 11 is 0. The van der Waals surface area contributed by atoms with Gasteiger partial charge in [-0.05, 0) is 91.0 Å². The van der Waals surface area contributed by atoms with Gasteiger partial charge in [0.15, 0.2) is 5.82 Å². The van der Waals surface area contributed by atoms with Crippen molar-refractivity contribution in [3.8, 4) is 61.8 Å². The highest BCUT2D eigenvalue weighted by Crippen LogP contribution is 2.43. The summed E-state index contributed by atoms with van der Waals surface area (Å²) in [5, 5.41) is 9.88. The van der Waals surface area contributed by atoms with Crippen LogP contribution in [0.15, 0.2) is 224 Å². The highest BCUT2D eigenvalue weighted by Gasteiger charge is 2.19. The predicted molar refractivity (Wildman–Crippen MR) is 256 cm³/mol. The third-order valence-corrected chi connectivity index (χ3v) is 12.2. The van der Waals surface area contributed by atoms with Gasteiger partial charge in [-0.1, -0.05) is 188 Å². The van der Waals surface area contributed by atoms with E-state index in [2.05, 4.69) is 211 Å². The molecule has 0 radical (unpaired) electrons. The van der Waals surface area contributed by atoms with Crippen LogP contribution in [0.4, 0.5) is 0 Å². The summed E-state index contributed by atoms with van der Waals surface area (Å²) in [5.41, 5.74) is 13.0. The molecule has 3 heteroatoms. The molecule has 0 aliphatic heterocycles. The van der Waals surface area contributed by atoms with Gasteiger partial charge < -0.3 is 4.57 Å². The molecular formula is C58H37N3. The Bertz CT molecular complexity index is 3620. The molecule has 0 amide bonds. The molecule has 0 aliphatic carbocycles. The maximum Gasteiger partial charge on any atom is 0.160 e. The van der Waals surface area contributed by atoms with Crippen molar-refractivity contribution in [2.24, 2.45) is 0 Å². The number of aromatic nitrogens is 3. The minimum absolute atomic E-state index is 0.694. The maximum atomic E-state index is 5.33. The minimum Gasteiger partial charge on any atom is -0.309 e. The molecule has 10 aromatic carbocycles. The topological polar surface area (TPSA) is 30.7 Å². The molecule has 0 unspecified atom stereocenters. The SMILES string of the molecule is c1ccc(-c2nc(-c3ccc(-c4ccc5c6ccccc6n(-c6ccccc6)c5c4)cc3)cc(-c3ccccc3-c3c4ccccc4cc4c3ccc3ccccc34)n2)cc1. The Morgan fingerprint density at radius 1 is 0.295 bits per heavy atom. The third-order valence-electron chi connectivity index (χ3n) is 12.2. The van der Waals surface area contributed by atoms with E-state index in [1.807, 2.05) is 18.2 Å². The van der Waals surface area contributed by atoms with Crippen molar-refractivity contribution in [2.75, 3.05) is 0 Å². The number of nitrogens with zero attached hydrogens (tertiary/aromatic N) is 3. The predicted octanol–water partition coefficient (Wildman–Crippen LogP) is 15.4. The van der Waals surface area contributed by atoms with E-state index in [-0.39, 0.29) is 0 Å². The Kier molecular flexibility index (Phi) is 8.17. The molecule has 0 saturated heterocycles. The molecule has 12 aromatic rings. The molecule has 2 heterocycles. The number of hydrogen-bond donors (Lipinski definition) is 0. The molecule has 0 bridgehead atoms. The van der Waals surface area contributed by atoms with E-state index >= 15 is 0 Å². The van der Waals surface area contributed by atoms with Gasteiger partial charge in [0.25, 0.3) is 0 Å². The summed E-state index contributed by atoms with van der Waals surface area (Å²) in [5.74, 6) is 0.694. The molecular weight excluding hydrogens is 739 g/mol. The van der Waals surface area contributed by atoms with Crippen molar-refractivity contribution in [1.29, 1.82) is 0 Å². The summed E-state index contributed by atoms with van der Waals surface area (Å²) in [7, 11) is 0. The first-order valence-corrected chi connectivity index (χ1v) is 20.8. The maximum absolute atomic E-state index is 5.33. The second-order valence-electron chi connectivity index (χ2n) is 15.7. The molecule has 3 nitrogen and oxygen atoms in total. The lowest BCUT2D eigenvalue weighted by Gasteiger charge is -2.17. The Morgan fingerprint density at radius 3 is 1.70 bits per heavy atom. The fourth-order valence-corrected chi connectivity index (χ4v) is 9.32. The Balaban J connectivity index is 1.01. The summed E-state index contributed by atoms with van der Waals surface area (Å²) in [6, 6.07) is 80.5. The van der Waals surface area contributed by atoms with Crippen LogP contribution in [0.25, 0.3) is 116 Å². The summed E-state index contributed by atoms with van der Waals surface area (Å²) < 4.78 is 2.37. The van der Waals surface area contributed by atoms with Crippen molar-refractivity contribution in [1.82, 2.24) is 14.5 Å². The average molecular weight is 776 g/mol. The van der Waals surface area contributed by atoms with Crippen LogP contribution in [0.3, 0.4) is 0 Å².